The number of hydrogen-bond donors (Lipinski definition) is 0. The average molecular weight is 190 g/mol. The molecular formula is C12H14O2. The van der Waals surface area contributed by atoms with Gasteiger partial charge in [0, 0.05) is 0 Å². The lowest BCUT2D eigenvalue weighted by Crippen LogP contribution is -1.94. The number of rotatable bonds is 4. The Morgan fingerprint density at radius 3 is 2.57 bits per heavy atom. The van der Waals surface area contributed by atoms with Crippen LogP contribution >= 0.6 is 0 Å². The molecule has 0 saturated carbocycles. The van der Waals surface area contributed by atoms with Crippen LogP contribution in [0.1, 0.15) is 12.5 Å². The second-order valence-corrected chi connectivity index (χ2v) is 3.19. The van der Waals surface area contributed by atoms with E-state index in [9.17, 15) is 4.79 Å². The van der Waals surface area contributed by atoms with Crippen LogP contribution in [0, 0.1) is 6.92 Å². The van der Waals surface area contributed by atoms with Gasteiger partial charge in [-0.3, -0.25) is 4.79 Å². The van der Waals surface area contributed by atoms with Crippen molar-refractivity contribution in [3.8, 4) is 5.75 Å². The number of allylic oxidation sites excluding steroid dienone is 1. The number of aldehydes is 1. The van der Waals surface area contributed by atoms with Crippen LogP contribution in [0.3, 0.4) is 0 Å². The lowest BCUT2D eigenvalue weighted by Gasteiger charge is -2.02. The highest BCUT2D eigenvalue weighted by atomic mass is 16.5. The van der Waals surface area contributed by atoms with Gasteiger partial charge in [0.25, 0.3) is 0 Å². The van der Waals surface area contributed by atoms with Gasteiger partial charge in [0.1, 0.15) is 18.6 Å². The summed E-state index contributed by atoms with van der Waals surface area (Å²) in [6, 6.07) is 7.82. The normalized spacial score (nSPS) is 11.1. The van der Waals surface area contributed by atoms with Gasteiger partial charge >= 0.3 is 0 Å². The molecule has 1 rings (SSSR count). The maximum atomic E-state index is 10.3. The quantitative estimate of drug-likeness (QED) is 0.538. The fourth-order valence-corrected chi connectivity index (χ4v) is 0.952. The molecule has 0 aliphatic heterocycles. The zero-order valence-corrected chi connectivity index (χ0v) is 8.49. The van der Waals surface area contributed by atoms with Crippen molar-refractivity contribution in [3.05, 3.63) is 41.5 Å². The highest BCUT2D eigenvalue weighted by Gasteiger charge is 1.91. The first-order valence-electron chi connectivity index (χ1n) is 4.54. The topological polar surface area (TPSA) is 26.3 Å². The highest BCUT2D eigenvalue weighted by molar-refractivity contribution is 5.71. The minimum atomic E-state index is 0.438. The maximum Gasteiger partial charge on any atom is 0.145 e. The predicted octanol–water partition coefficient (Wildman–Crippen LogP) is 2.52. The second kappa shape index (κ2) is 5.22. The molecule has 0 amide bonds. The van der Waals surface area contributed by atoms with Crippen LogP contribution in [0.5, 0.6) is 5.75 Å². The Morgan fingerprint density at radius 1 is 1.36 bits per heavy atom. The van der Waals surface area contributed by atoms with Crippen molar-refractivity contribution in [2.45, 2.75) is 13.8 Å². The van der Waals surface area contributed by atoms with Gasteiger partial charge in [0.05, 0.1) is 0 Å². The van der Waals surface area contributed by atoms with Crippen LogP contribution in [0.4, 0.5) is 0 Å². The fraction of sp³-hybridized carbons (Fsp3) is 0.250. The summed E-state index contributed by atoms with van der Waals surface area (Å²) in [5.41, 5.74) is 1.90. The van der Waals surface area contributed by atoms with E-state index in [1.165, 1.54) is 5.56 Å². The molecule has 0 bridgehead atoms. The van der Waals surface area contributed by atoms with Crippen molar-refractivity contribution in [1.82, 2.24) is 0 Å². The van der Waals surface area contributed by atoms with Crippen LogP contribution in [0.25, 0.3) is 0 Å². The summed E-state index contributed by atoms with van der Waals surface area (Å²) in [6.45, 7) is 4.22. The summed E-state index contributed by atoms with van der Waals surface area (Å²) < 4.78 is 5.40. The second-order valence-electron chi connectivity index (χ2n) is 3.19. The summed E-state index contributed by atoms with van der Waals surface area (Å²) >= 11 is 0. The number of carbonyl (C=O) groups excluding carboxylic acids is 1. The van der Waals surface area contributed by atoms with Crippen molar-refractivity contribution in [1.29, 1.82) is 0 Å². The summed E-state index contributed by atoms with van der Waals surface area (Å²) in [5.74, 6) is 0.825. The number of benzene rings is 1. The lowest BCUT2D eigenvalue weighted by molar-refractivity contribution is -0.104. The van der Waals surface area contributed by atoms with Gasteiger partial charge in [0.15, 0.2) is 0 Å². The van der Waals surface area contributed by atoms with E-state index in [4.69, 9.17) is 4.74 Å². The molecule has 0 radical (unpaired) electrons. The van der Waals surface area contributed by atoms with E-state index < -0.39 is 0 Å². The Kier molecular flexibility index (Phi) is 3.92. The number of hydrogen-bond acceptors (Lipinski definition) is 2. The molecule has 1 aromatic carbocycles. The largest absolute Gasteiger partial charge is 0.490 e. The van der Waals surface area contributed by atoms with Gasteiger partial charge in [-0.25, -0.2) is 0 Å². The molecule has 74 valence electrons. The Bertz CT molecular complexity index is 323. The SMILES string of the molecule is C/C(C=O)=C\COc1ccc(C)cc1. The van der Waals surface area contributed by atoms with Crippen LogP contribution in [0.2, 0.25) is 0 Å². The van der Waals surface area contributed by atoms with Crippen molar-refractivity contribution in [2.24, 2.45) is 0 Å². The fourth-order valence-electron chi connectivity index (χ4n) is 0.952. The van der Waals surface area contributed by atoms with Gasteiger partial charge < -0.3 is 4.74 Å². The van der Waals surface area contributed by atoms with Crippen LogP contribution in [-0.2, 0) is 4.79 Å². The number of aryl methyl sites for hydroxylation is 1. The van der Waals surface area contributed by atoms with Crippen molar-refractivity contribution in [2.75, 3.05) is 6.61 Å². The van der Waals surface area contributed by atoms with E-state index in [0.29, 0.717) is 12.2 Å². The molecule has 1 aromatic rings. The molecule has 0 heterocycles. The molecule has 0 saturated heterocycles. The molecule has 0 aliphatic rings. The maximum absolute atomic E-state index is 10.3. The first kappa shape index (κ1) is 10.5. The van der Waals surface area contributed by atoms with Crippen LogP contribution in [-0.4, -0.2) is 12.9 Å². The van der Waals surface area contributed by atoms with Gasteiger partial charge in [0.2, 0.25) is 0 Å². The van der Waals surface area contributed by atoms with E-state index in [-0.39, 0.29) is 0 Å². The molecule has 0 N–H and O–H groups in total. The average Bonchev–Trinajstić information content (AvgIpc) is 2.21. The van der Waals surface area contributed by atoms with E-state index in [1.807, 2.05) is 31.2 Å². The first-order valence-corrected chi connectivity index (χ1v) is 4.54. The summed E-state index contributed by atoms with van der Waals surface area (Å²) in [6.07, 6.45) is 2.57. The van der Waals surface area contributed by atoms with Crippen molar-refractivity contribution < 1.29 is 9.53 Å². The Hall–Kier alpha value is -1.57. The molecule has 2 heteroatoms. The monoisotopic (exact) mass is 190 g/mol. The van der Waals surface area contributed by atoms with Gasteiger partial charge in [-0.05, 0) is 37.6 Å². The Morgan fingerprint density at radius 2 is 2.00 bits per heavy atom. The summed E-state index contributed by atoms with van der Waals surface area (Å²) in [4.78, 5) is 10.3. The molecule has 0 aliphatic carbocycles. The summed E-state index contributed by atoms with van der Waals surface area (Å²) in [5, 5.41) is 0. The molecule has 0 aromatic heterocycles. The van der Waals surface area contributed by atoms with E-state index in [2.05, 4.69) is 0 Å². The van der Waals surface area contributed by atoms with Gasteiger partial charge in [-0.15, -0.1) is 0 Å². The van der Waals surface area contributed by atoms with Gasteiger partial charge in [-0.1, -0.05) is 17.7 Å². The number of ether oxygens (including phenoxy) is 1. The Balaban J connectivity index is 2.46. The smallest absolute Gasteiger partial charge is 0.145 e. The molecule has 0 fully saturated rings. The van der Waals surface area contributed by atoms with Crippen molar-refractivity contribution >= 4 is 6.29 Å². The highest BCUT2D eigenvalue weighted by Crippen LogP contribution is 2.11. The lowest BCUT2D eigenvalue weighted by atomic mass is 10.2. The van der Waals surface area contributed by atoms with E-state index in [1.54, 1.807) is 13.0 Å². The predicted molar refractivity (Wildman–Crippen MR) is 56.5 cm³/mol. The molecular weight excluding hydrogens is 176 g/mol. The molecule has 14 heavy (non-hydrogen) atoms. The van der Waals surface area contributed by atoms with Gasteiger partial charge in [-0.2, -0.15) is 0 Å². The third-order valence-electron chi connectivity index (χ3n) is 1.86. The molecule has 0 atom stereocenters. The first-order chi connectivity index (χ1) is 6.72. The van der Waals surface area contributed by atoms with Crippen LogP contribution < -0.4 is 4.74 Å². The van der Waals surface area contributed by atoms with Crippen molar-refractivity contribution in [3.63, 3.8) is 0 Å². The Labute approximate surface area is 84.2 Å². The van der Waals surface area contributed by atoms with E-state index in [0.717, 1.165) is 12.0 Å². The molecule has 0 unspecified atom stereocenters. The van der Waals surface area contributed by atoms with E-state index >= 15 is 0 Å². The van der Waals surface area contributed by atoms with Crippen LogP contribution in [0.15, 0.2) is 35.9 Å². The molecule has 2 nitrogen and oxygen atoms in total. The minimum absolute atomic E-state index is 0.438. The molecule has 0 spiro atoms. The number of carbonyl (C=O) groups is 1. The third-order valence-corrected chi connectivity index (χ3v) is 1.86. The zero-order valence-electron chi connectivity index (χ0n) is 8.49. The third kappa shape index (κ3) is 3.44. The minimum Gasteiger partial charge on any atom is -0.490 e. The standard InChI is InChI=1S/C12H14O2/c1-10-3-5-12(6-4-10)14-8-7-11(2)9-13/h3-7,9H,8H2,1-2H3/b11-7+. The summed E-state index contributed by atoms with van der Waals surface area (Å²) in [7, 11) is 0. The zero-order chi connectivity index (χ0) is 10.4.